The highest BCUT2D eigenvalue weighted by molar-refractivity contribution is 6.33. The highest BCUT2D eigenvalue weighted by Gasteiger charge is 2.29. The molecule has 0 radical (unpaired) electrons. The molecule has 7 heteroatoms. The standard InChI is InChI=1S/C18H20ClN5O/c1-11-5-3-7-14-15(11)21-17(20-14)12-6-4-8-24(9-12)18(25)16-13(19)10-23(2)22-16/h3,5,7,10,12H,4,6,8-9H2,1-2H3,(H,20,21)/t12-/m0/s1. The topological polar surface area (TPSA) is 66.8 Å². The fourth-order valence-electron chi connectivity index (χ4n) is 3.53. The average Bonchev–Trinajstić information content (AvgIpc) is 3.18. The van der Waals surface area contributed by atoms with Crippen LogP contribution in [0.2, 0.25) is 5.02 Å². The SMILES string of the molecule is Cc1cccc2[nH]c([C@H]3CCCN(C(=O)c4nn(C)cc4Cl)C3)nc12. The van der Waals surface area contributed by atoms with Crippen LogP contribution in [0.1, 0.15) is 40.6 Å². The molecule has 25 heavy (non-hydrogen) atoms. The Bertz CT molecular complexity index is 944. The third kappa shape index (κ3) is 2.91. The van der Waals surface area contributed by atoms with Gasteiger partial charge >= 0.3 is 0 Å². The van der Waals surface area contributed by atoms with Crippen LogP contribution < -0.4 is 0 Å². The van der Waals surface area contributed by atoms with Crippen molar-refractivity contribution in [2.75, 3.05) is 13.1 Å². The van der Waals surface area contributed by atoms with Crippen LogP contribution in [-0.4, -0.2) is 43.6 Å². The van der Waals surface area contributed by atoms with E-state index in [0.29, 0.717) is 17.3 Å². The minimum Gasteiger partial charge on any atom is -0.342 e. The molecule has 3 aromatic rings. The first-order valence-corrected chi connectivity index (χ1v) is 8.84. The number of aromatic nitrogens is 4. The number of hydrogen-bond donors (Lipinski definition) is 1. The third-order valence-electron chi connectivity index (χ3n) is 4.81. The Kier molecular flexibility index (Phi) is 4.00. The molecule has 1 atom stereocenters. The minimum absolute atomic E-state index is 0.109. The summed E-state index contributed by atoms with van der Waals surface area (Å²) in [5.41, 5.74) is 3.54. The van der Waals surface area contributed by atoms with Gasteiger partial charge in [-0.25, -0.2) is 4.98 Å². The van der Waals surface area contributed by atoms with Crippen LogP contribution in [0, 0.1) is 6.92 Å². The molecule has 0 bridgehead atoms. The van der Waals surface area contributed by atoms with Crippen LogP contribution in [0.5, 0.6) is 0 Å². The summed E-state index contributed by atoms with van der Waals surface area (Å²) in [6, 6.07) is 6.13. The Hall–Kier alpha value is -2.34. The van der Waals surface area contributed by atoms with Gasteiger partial charge in [0, 0.05) is 32.3 Å². The number of benzene rings is 1. The van der Waals surface area contributed by atoms with Gasteiger partial charge in [0.25, 0.3) is 5.91 Å². The molecule has 3 heterocycles. The number of fused-ring (bicyclic) bond motifs is 1. The van der Waals surface area contributed by atoms with E-state index in [0.717, 1.165) is 41.8 Å². The van der Waals surface area contributed by atoms with E-state index in [1.165, 1.54) is 0 Å². The summed E-state index contributed by atoms with van der Waals surface area (Å²) in [5, 5.41) is 4.60. The normalized spacial score (nSPS) is 18.0. The first kappa shape index (κ1) is 16.1. The molecule has 1 aliphatic rings. The monoisotopic (exact) mass is 357 g/mol. The summed E-state index contributed by atoms with van der Waals surface area (Å²) in [7, 11) is 1.76. The molecule has 6 nitrogen and oxygen atoms in total. The van der Waals surface area contributed by atoms with Crippen molar-refractivity contribution < 1.29 is 4.79 Å². The molecule has 1 fully saturated rings. The predicted molar refractivity (Wildman–Crippen MR) is 96.9 cm³/mol. The van der Waals surface area contributed by atoms with Gasteiger partial charge in [-0.2, -0.15) is 5.10 Å². The van der Waals surface area contributed by atoms with Crippen LogP contribution in [0.25, 0.3) is 11.0 Å². The number of rotatable bonds is 2. The number of amides is 1. The molecule has 1 aromatic carbocycles. The predicted octanol–water partition coefficient (Wildman–Crippen LogP) is 3.28. The number of aryl methyl sites for hydroxylation is 2. The zero-order chi connectivity index (χ0) is 17.6. The number of aromatic amines is 1. The number of nitrogens with zero attached hydrogens (tertiary/aromatic N) is 4. The van der Waals surface area contributed by atoms with Crippen LogP contribution in [-0.2, 0) is 7.05 Å². The molecule has 130 valence electrons. The van der Waals surface area contributed by atoms with Crippen molar-refractivity contribution in [1.29, 1.82) is 0 Å². The molecule has 2 aromatic heterocycles. The fourth-order valence-corrected chi connectivity index (χ4v) is 3.79. The van der Waals surface area contributed by atoms with Crippen LogP contribution in [0.4, 0.5) is 0 Å². The Morgan fingerprint density at radius 1 is 1.40 bits per heavy atom. The van der Waals surface area contributed by atoms with Gasteiger partial charge in [-0.05, 0) is 31.4 Å². The minimum atomic E-state index is -0.109. The van der Waals surface area contributed by atoms with Crippen LogP contribution in [0.3, 0.4) is 0 Å². The van der Waals surface area contributed by atoms with E-state index in [1.54, 1.807) is 17.9 Å². The molecule has 1 aliphatic heterocycles. The van der Waals surface area contributed by atoms with Gasteiger partial charge in [0.1, 0.15) is 5.82 Å². The summed E-state index contributed by atoms with van der Waals surface area (Å²) in [5.74, 6) is 1.04. The zero-order valence-corrected chi connectivity index (χ0v) is 15.0. The van der Waals surface area contributed by atoms with Crippen molar-refractivity contribution in [3.63, 3.8) is 0 Å². The lowest BCUT2D eigenvalue weighted by Crippen LogP contribution is -2.39. The third-order valence-corrected chi connectivity index (χ3v) is 5.09. The highest BCUT2D eigenvalue weighted by Crippen LogP contribution is 2.29. The van der Waals surface area contributed by atoms with Gasteiger partial charge < -0.3 is 9.88 Å². The fraction of sp³-hybridized carbons (Fsp3) is 0.389. The molecule has 1 saturated heterocycles. The maximum Gasteiger partial charge on any atom is 0.275 e. The number of H-pyrrole nitrogens is 1. The highest BCUT2D eigenvalue weighted by atomic mass is 35.5. The van der Waals surface area contributed by atoms with E-state index in [-0.39, 0.29) is 11.8 Å². The van der Waals surface area contributed by atoms with Gasteiger partial charge in [-0.15, -0.1) is 0 Å². The zero-order valence-electron chi connectivity index (χ0n) is 14.3. The molecule has 1 N–H and O–H groups in total. The second kappa shape index (κ2) is 6.19. The lowest BCUT2D eigenvalue weighted by molar-refractivity contribution is 0.0698. The molecule has 0 spiro atoms. The maximum absolute atomic E-state index is 12.8. The Morgan fingerprint density at radius 2 is 2.24 bits per heavy atom. The molecule has 4 rings (SSSR count). The quantitative estimate of drug-likeness (QED) is 0.765. The lowest BCUT2D eigenvalue weighted by atomic mass is 9.97. The summed E-state index contributed by atoms with van der Waals surface area (Å²) in [6.07, 6.45) is 3.60. The molecular weight excluding hydrogens is 338 g/mol. The second-order valence-corrected chi connectivity index (χ2v) is 7.09. The number of likely N-dealkylation sites (tertiary alicyclic amines) is 1. The van der Waals surface area contributed by atoms with Gasteiger partial charge in [0.15, 0.2) is 5.69 Å². The van der Waals surface area contributed by atoms with Crippen LogP contribution in [0.15, 0.2) is 24.4 Å². The lowest BCUT2D eigenvalue weighted by Gasteiger charge is -2.31. The van der Waals surface area contributed by atoms with Gasteiger partial charge in [0.2, 0.25) is 0 Å². The number of para-hydroxylation sites is 1. The number of carbonyl (C=O) groups is 1. The number of hydrogen-bond acceptors (Lipinski definition) is 3. The van der Waals surface area contributed by atoms with Crippen molar-refractivity contribution in [1.82, 2.24) is 24.6 Å². The molecule has 0 saturated carbocycles. The van der Waals surface area contributed by atoms with E-state index >= 15 is 0 Å². The van der Waals surface area contributed by atoms with Gasteiger partial charge in [0.05, 0.1) is 16.1 Å². The summed E-state index contributed by atoms with van der Waals surface area (Å²) in [6.45, 7) is 3.42. The van der Waals surface area contributed by atoms with E-state index in [4.69, 9.17) is 16.6 Å². The molecule has 0 aliphatic carbocycles. The first-order valence-electron chi connectivity index (χ1n) is 8.46. The number of nitrogens with one attached hydrogen (secondary N) is 1. The Morgan fingerprint density at radius 3 is 2.96 bits per heavy atom. The van der Waals surface area contributed by atoms with E-state index in [2.05, 4.69) is 23.1 Å². The van der Waals surface area contributed by atoms with Crippen LogP contribution >= 0.6 is 11.6 Å². The summed E-state index contributed by atoms with van der Waals surface area (Å²) in [4.78, 5) is 22.8. The Labute approximate surface area is 150 Å². The van der Waals surface area contributed by atoms with E-state index in [9.17, 15) is 4.79 Å². The maximum atomic E-state index is 12.8. The average molecular weight is 358 g/mol. The van der Waals surface area contributed by atoms with Crippen molar-refractivity contribution in [3.8, 4) is 0 Å². The summed E-state index contributed by atoms with van der Waals surface area (Å²) >= 11 is 6.13. The number of halogens is 1. The molecule has 0 unspecified atom stereocenters. The molecular formula is C18H20ClN5O. The van der Waals surface area contributed by atoms with Crippen molar-refractivity contribution in [3.05, 3.63) is 46.5 Å². The van der Waals surface area contributed by atoms with Gasteiger partial charge in [-0.1, -0.05) is 23.7 Å². The van der Waals surface area contributed by atoms with Crippen molar-refractivity contribution >= 4 is 28.5 Å². The van der Waals surface area contributed by atoms with Crippen molar-refractivity contribution in [2.45, 2.75) is 25.7 Å². The van der Waals surface area contributed by atoms with Gasteiger partial charge in [-0.3, -0.25) is 9.48 Å². The second-order valence-electron chi connectivity index (χ2n) is 6.68. The summed E-state index contributed by atoms with van der Waals surface area (Å²) < 4.78 is 1.57. The Balaban J connectivity index is 1.59. The molecule has 1 amide bonds. The number of imidazole rings is 1. The van der Waals surface area contributed by atoms with Crippen molar-refractivity contribution in [2.24, 2.45) is 7.05 Å². The first-order chi connectivity index (χ1) is 12.0. The van der Waals surface area contributed by atoms with E-state index < -0.39 is 0 Å². The largest absolute Gasteiger partial charge is 0.342 e. The van der Waals surface area contributed by atoms with E-state index in [1.807, 2.05) is 17.0 Å². The number of piperidine rings is 1. The number of carbonyl (C=O) groups excluding carboxylic acids is 1. The smallest absolute Gasteiger partial charge is 0.275 e.